The van der Waals surface area contributed by atoms with E-state index in [0.29, 0.717) is 6.54 Å². The number of ether oxygens (including phenoxy) is 1. The molecule has 1 aromatic rings. The first-order chi connectivity index (χ1) is 10.3. The third-order valence-corrected chi connectivity index (χ3v) is 3.07. The Kier molecular flexibility index (Phi) is 9.29. The van der Waals surface area contributed by atoms with Crippen LogP contribution in [0.5, 0.6) is 0 Å². The summed E-state index contributed by atoms with van der Waals surface area (Å²) in [6.07, 6.45) is 2.30. The van der Waals surface area contributed by atoms with Crippen LogP contribution < -0.4 is 10.6 Å². The summed E-state index contributed by atoms with van der Waals surface area (Å²) in [5.41, 5.74) is 2.49. The largest absolute Gasteiger partial charge is 0.380 e. The van der Waals surface area contributed by atoms with Crippen molar-refractivity contribution in [1.29, 1.82) is 0 Å². The van der Waals surface area contributed by atoms with Gasteiger partial charge in [-0.05, 0) is 25.8 Å². The molecule has 0 atom stereocenters. The van der Waals surface area contributed by atoms with Crippen LogP contribution in [0.3, 0.4) is 0 Å². The lowest BCUT2D eigenvalue weighted by atomic mass is 10.1. The fourth-order valence-electron chi connectivity index (χ4n) is 1.80. The lowest BCUT2D eigenvalue weighted by molar-refractivity contribution is 0.136. The van der Waals surface area contributed by atoms with Crippen LogP contribution in [0.1, 0.15) is 37.8 Å². The minimum atomic E-state index is 0.687. The third-order valence-electron chi connectivity index (χ3n) is 3.07. The van der Waals surface area contributed by atoms with Crippen LogP contribution in [0.25, 0.3) is 0 Å². The van der Waals surface area contributed by atoms with Gasteiger partial charge in [0, 0.05) is 19.7 Å². The highest BCUT2D eigenvalue weighted by Crippen LogP contribution is 2.04. The van der Waals surface area contributed by atoms with Crippen LogP contribution in [0, 0.1) is 6.92 Å². The van der Waals surface area contributed by atoms with E-state index in [4.69, 9.17) is 4.74 Å². The Morgan fingerprint density at radius 1 is 1.10 bits per heavy atom. The van der Waals surface area contributed by atoms with Gasteiger partial charge in [-0.3, -0.25) is 0 Å². The number of nitrogens with zero attached hydrogens (tertiary/aromatic N) is 1. The second-order valence-electron chi connectivity index (χ2n) is 5.07. The maximum absolute atomic E-state index is 5.53. The van der Waals surface area contributed by atoms with Gasteiger partial charge in [-0.1, -0.05) is 43.2 Å². The lowest BCUT2D eigenvalue weighted by Crippen LogP contribution is -2.39. The minimum absolute atomic E-state index is 0.687. The highest BCUT2D eigenvalue weighted by atomic mass is 16.5. The third kappa shape index (κ3) is 8.35. The molecule has 0 radical (unpaired) electrons. The maximum atomic E-state index is 5.53. The van der Waals surface area contributed by atoms with Crippen molar-refractivity contribution in [3.63, 3.8) is 0 Å². The highest BCUT2D eigenvalue weighted by molar-refractivity contribution is 5.79. The predicted octanol–water partition coefficient (Wildman–Crippen LogP) is 2.87. The lowest BCUT2D eigenvalue weighted by Gasteiger charge is -2.11. The average Bonchev–Trinajstić information content (AvgIpc) is 2.49. The Labute approximate surface area is 129 Å². The van der Waals surface area contributed by atoms with Crippen LogP contribution in [0.15, 0.2) is 29.3 Å². The summed E-state index contributed by atoms with van der Waals surface area (Å²) in [4.78, 5) is 4.59. The molecule has 0 bridgehead atoms. The van der Waals surface area contributed by atoms with Crippen LogP contribution in [-0.2, 0) is 11.3 Å². The maximum Gasteiger partial charge on any atom is 0.191 e. The summed E-state index contributed by atoms with van der Waals surface area (Å²) in [6, 6.07) is 8.48. The summed E-state index contributed by atoms with van der Waals surface area (Å²) >= 11 is 0. The highest BCUT2D eigenvalue weighted by Gasteiger charge is 1.97. The van der Waals surface area contributed by atoms with Crippen molar-refractivity contribution < 1.29 is 4.74 Å². The van der Waals surface area contributed by atoms with Gasteiger partial charge in [0.05, 0.1) is 13.2 Å². The molecule has 0 saturated heterocycles. The molecular formula is C17H29N3O. The molecule has 0 fully saturated rings. The molecule has 0 aromatic heterocycles. The van der Waals surface area contributed by atoms with Crippen LogP contribution in [0.2, 0.25) is 0 Å². The van der Waals surface area contributed by atoms with Crippen molar-refractivity contribution in [3.8, 4) is 0 Å². The molecule has 1 aromatic carbocycles. The first-order valence-electron chi connectivity index (χ1n) is 7.91. The van der Waals surface area contributed by atoms with E-state index in [2.05, 4.69) is 60.7 Å². The van der Waals surface area contributed by atoms with Crippen molar-refractivity contribution in [2.45, 2.75) is 40.2 Å². The second-order valence-corrected chi connectivity index (χ2v) is 5.07. The normalized spacial score (nSPS) is 11.5. The molecule has 0 amide bonds. The Morgan fingerprint density at radius 3 is 2.52 bits per heavy atom. The zero-order valence-corrected chi connectivity index (χ0v) is 13.6. The van der Waals surface area contributed by atoms with E-state index >= 15 is 0 Å². The molecule has 0 spiro atoms. The van der Waals surface area contributed by atoms with Gasteiger partial charge in [0.15, 0.2) is 5.96 Å². The molecule has 2 N–H and O–H groups in total. The number of aryl methyl sites for hydroxylation is 1. The number of rotatable bonds is 9. The smallest absolute Gasteiger partial charge is 0.191 e. The summed E-state index contributed by atoms with van der Waals surface area (Å²) in [5.74, 6) is 0.845. The zero-order valence-electron chi connectivity index (χ0n) is 13.6. The standard InChI is InChI=1S/C17H29N3O/c1-4-6-12-21-13-11-19-17(18-5-2)20-14-16-9-7-15(3)8-10-16/h7-10H,4-6,11-14H2,1-3H3,(H2,18,19,20). The van der Waals surface area contributed by atoms with Crippen LogP contribution in [0.4, 0.5) is 0 Å². The van der Waals surface area contributed by atoms with Gasteiger partial charge in [-0.2, -0.15) is 0 Å². The topological polar surface area (TPSA) is 45.6 Å². The van der Waals surface area contributed by atoms with Crippen molar-refractivity contribution in [3.05, 3.63) is 35.4 Å². The number of nitrogens with one attached hydrogen (secondary N) is 2. The van der Waals surface area contributed by atoms with Crippen LogP contribution in [-0.4, -0.2) is 32.3 Å². The monoisotopic (exact) mass is 291 g/mol. The van der Waals surface area contributed by atoms with E-state index in [9.17, 15) is 0 Å². The van der Waals surface area contributed by atoms with Crippen molar-refractivity contribution in [2.24, 2.45) is 4.99 Å². The van der Waals surface area contributed by atoms with Gasteiger partial charge in [0.2, 0.25) is 0 Å². The van der Waals surface area contributed by atoms with E-state index < -0.39 is 0 Å². The van der Waals surface area contributed by atoms with Crippen LogP contribution >= 0.6 is 0 Å². The molecule has 0 aliphatic rings. The zero-order chi connectivity index (χ0) is 15.3. The van der Waals surface area contributed by atoms with Gasteiger partial charge in [0.25, 0.3) is 0 Å². The summed E-state index contributed by atoms with van der Waals surface area (Å²) in [6.45, 7) is 10.2. The first kappa shape index (κ1) is 17.5. The predicted molar refractivity (Wildman–Crippen MR) is 89.7 cm³/mol. The van der Waals surface area contributed by atoms with Gasteiger partial charge >= 0.3 is 0 Å². The average molecular weight is 291 g/mol. The number of benzene rings is 1. The summed E-state index contributed by atoms with van der Waals surface area (Å²) in [7, 11) is 0. The van der Waals surface area contributed by atoms with Gasteiger partial charge in [-0.25, -0.2) is 4.99 Å². The summed E-state index contributed by atoms with van der Waals surface area (Å²) in [5, 5.41) is 6.54. The number of unbranched alkanes of at least 4 members (excludes halogenated alkanes) is 1. The van der Waals surface area contributed by atoms with Crippen molar-refractivity contribution in [1.82, 2.24) is 10.6 Å². The Balaban J connectivity index is 2.33. The summed E-state index contributed by atoms with van der Waals surface area (Å²) < 4.78 is 5.53. The Morgan fingerprint density at radius 2 is 1.86 bits per heavy atom. The molecule has 4 nitrogen and oxygen atoms in total. The number of guanidine groups is 1. The van der Waals surface area contributed by atoms with Crippen molar-refractivity contribution >= 4 is 5.96 Å². The minimum Gasteiger partial charge on any atom is -0.380 e. The Hall–Kier alpha value is -1.55. The molecule has 118 valence electrons. The number of hydrogen-bond acceptors (Lipinski definition) is 2. The quantitative estimate of drug-likeness (QED) is 0.418. The number of aliphatic imine (C=N–C) groups is 1. The molecule has 21 heavy (non-hydrogen) atoms. The molecule has 0 heterocycles. The molecule has 1 rings (SSSR count). The number of hydrogen-bond donors (Lipinski definition) is 2. The first-order valence-corrected chi connectivity index (χ1v) is 7.91. The van der Waals surface area contributed by atoms with E-state index in [0.717, 1.165) is 38.7 Å². The molecule has 0 saturated carbocycles. The molecule has 0 aliphatic carbocycles. The van der Waals surface area contributed by atoms with Crippen molar-refractivity contribution in [2.75, 3.05) is 26.3 Å². The van der Waals surface area contributed by atoms with Gasteiger partial charge < -0.3 is 15.4 Å². The van der Waals surface area contributed by atoms with E-state index in [1.165, 1.54) is 17.5 Å². The SMILES string of the molecule is CCCCOCCNC(=NCc1ccc(C)cc1)NCC. The van der Waals surface area contributed by atoms with Gasteiger partial charge in [-0.15, -0.1) is 0 Å². The fourth-order valence-corrected chi connectivity index (χ4v) is 1.80. The fraction of sp³-hybridized carbons (Fsp3) is 0.588. The second kappa shape index (κ2) is 11.1. The molecular weight excluding hydrogens is 262 g/mol. The Bertz CT molecular complexity index is 401. The van der Waals surface area contributed by atoms with E-state index in [-0.39, 0.29) is 0 Å². The van der Waals surface area contributed by atoms with Gasteiger partial charge in [0.1, 0.15) is 0 Å². The molecule has 0 aliphatic heterocycles. The van der Waals surface area contributed by atoms with E-state index in [1.54, 1.807) is 0 Å². The molecule has 4 heteroatoms. The van der Waals surface area contributed by atoms with E-state index in [1.807, 2.05) is 0 Å². The molecule has 0 unspecified atom stereocenters.